The number of hydrogen-bond acceptors (Lipinski definition) is 5. The molecule has 11 heteroatoms. The van der Waals surface area contributed by atoms with Crippen molar-refractivity contribution in [3.63, 3.8) is 0 Å². The molecule has 1 aromatic carbocycles. The van der Waals surface area contributed by atoms with Gasteiger partial charge in [0.1, 0.15) is 11.6 Å². The van der Waals surface area contributed by atoms with Crippen LogP contribution in [0.2, 0.25) is 0 Å². The first-order chi connectivity index (χ1) is 17.7. The van der Waals surface area contributed by atoms with Gasteiger partial charge in [-0.15, -0.1) is 0 Å². The molecule has 3 aromatic heterocycles. The van der Waals surface area contributed by atoms with E-state index in [9.17, 15) is 22.8 Å². The second kappa shape index (κ2) is 9.49. The lowest BCUT2D eigenvalue weighted by Crippen LogP contribution is -2.26. The van der Waals surface area contributed by atoms with Gasteiger partial charge >= 0.3 is 6.18 Å². The van der Waals surface area contributed by atoms with Gasteiger partial charge in [-0.05, 0) is 36.8 Å². The first-order valence-corrected chi connectivity index (χ1v) is 11.4. The van der Waals surface area contributed by atoms with Crippen molar-refractivity contribution in [1.29, 1.82) is 0 Å². The fourth-order valence-electron chi connectivity index (χ4n) is 4.41. The van der Waals surface area contributed by atoms with E-state index in [-0.39, 0.29) is 23.2 Å². The highest BCUT2D eigenvalue weighted by atomic mass is 19.4. The average molecular weight is 506 g/mol. The van der Waals surface area contributed by atoms with E-state index in [1.807, 2.05) is 10.6 Å². The molecule has 1 saturated heterocycles. The molecule has 1 aliphatic rings. The minimum Gasteiger partial charge on any atom is -0.338 e. The number of carbonyl (C=O) groups excluding carboxylic acids is 2. The second-order valence-electron chi connectivity index (χ2n) is 8.58. The van der Waals surface area contributed by atoms with E-state index in [1.165, 1.54) is 6.08 Å². The van der Waals surface area contributed by atoms with Crippen LogP contribution in [0, 0.1) is 0 Å². The topological polar surface area (TPSA) is 92.5 Å². The second-order valence-corrected chi connectivity index (χ2v) is 8.58. The van der Waals surface area contributed by atoms with E-state index in [0.29, 0.717) is 18.8 Å². The predicted octanol–water partition coefficient (Wildman–Crippen LogP) is 4.56. The zero-order valence-corrected chi connectivity index (χ0v) is 19.4. The van der Waals surface area contributed by atoms with Crippen molar-refractivity contribution >= 4 is 23.1 Å². The Morgan fingerprint density at radius 1 is 1.14 bits per heavy atom. The van der Waals surface area contributed by atoms with Crippen LogP contribution in [0.3, 0.4) is 0 Å². The number of rotatable bonds is 5. The Hall–Kier alpha value is -4.54. The summed E-state index contributed by atoms with van der Waals surface area (Å²) < 4.78 is 40.8. The molecule has 1 fully saturated rings. The van der Waals surface area contributed by atoms with E-state index in [4.69, 9.17) is 4.98 Å². The predicted molar refractivity (Wildman–Crippen MR) is 130 cm³/mol. The molecule has 188 valence electrons. The van der Waals surface area contributed by atoms with Gasteiger partial charge in [-0.25, -0.2) is 9.97 Å². The quantitative estimate of drug-likeness (QED) is 0.401. The highest BCUT2D eigenvalue weighted by Crippen LogP contribution is 2.33. The zero-order valence-electron chi connectivity index (χ0n) is 19.4. The van der Waals surface area contributed by atoms with E-state index in [2.05, 4.69) is 21.9 Å². The standard InChI is InChI=1S/C26H21F3N6O2/c1-2-22(36)34-11-8-18(15-34)24-33-23(20-14-30-10-12-35(20)24)16-3-5-17(6-4-16)25(37)32-21-13-19(7-9-31-21)26(27,28)29/h2-7,9-10,12-14,18H,1,8,11,15H2,(H,31,32,37). The van der Waals surface area contributed by atoms with Gasteiger partial charge in [-0.3, -0.25) is 19.0 Å². The van der Waals surface area contributed by atoms with Crippen molar-refractivity contribution in [2.24, 2.45) is 0 Å². The number of imidazole rings is 1. The lowest BCUT2D eigenvalue weighted by Gasteiger charge is -2.13. The lowest BCUT2D eigenvalue weighted by atomic mass is 10.1. The number of halogens is 3. The van der Waals surface area contributed by atoms with Crippen molar-refractivity contribution in [2.45, 2.75) is 18.5 Å². The number of aromatic nitrogens is 4. The maximum atomic E-state index is 12.9. The van der Waals surface area contributed by atoms with Crippen LogP contribution in [0.1, 0.15) is 34.1 Å². The molecule has 1 aliphatic heterocycles. The van der Waals surface area contributed by atoms with Crippen LogP contribution in [0.25, 0.3) is 16.8 Å². The average Bonchev–Trinajstić information content (AvgIpc) is 3.53. The molecule has 1 unspecified atom stereocenters. The minimum atomic E-state index is -4.54. The first kappa shape index (κ1) is 24.2. The van der Waals surface area contributed by atoms with Crippen molar-refractivity contribution in [3.05, 3.63) is 90.8 Å². The lowest BCUT2D eigenvalue weighted by molar-refractivity contribution is -0.137. The number of carbonyl (C=O) groups is 2. The molecule has 2 amide bonds. The summed E-state index contributed by atoms with van der Waals surface area (Å²) >= 11 is 0. The minimum absolute atomic E-state index is 0.0394. The van der Waals surface area contributed by atoms with E-state index >= 15 is 0 Å². The Kier molecular flexibility index (Phi) is 6.20. The SMILES string of the molecule is C=CC(=O)N1CCC(c2nc(-c3ccc(C(=O)Nc4cc(C(F)(F)F)ccn4)cc3)c3cnccn23)C1. The molecule has 0 saturated carbocycles. The van der Waals surface area contributed by atoms with Crippen LogP contribution in [-0.2, 0) is 11.0 Å². The zero-order chi connectivity index (χ0) is 26.2. The number of anilines is 1. The van der Waals surface area contributed by atoms with Gasteiger partial charge in [0.2, 0.25) is 5.91 Å². The molecule has 0 aliphatic carbocycles. The number of hydrogen-bond donors (Lipinski definition) is 1. The third kappa shape index (κ3) is 4.80. The number of nitrogens with zero attached hydrogens (tertiary/aromatic N) is 5. The number of amides is 2. The Morgan fingerprint density at radius 2 is 1.92 bits per heavy atom. The number of alkyl halides is 3. The molecule has 8 nitrogen and oxygen atoms in total. The number of fused-ring (bicyclic) bond motifs is 1. The van der Waals surface area contributed by atoms with Crippen molar-refractivity contribution in [3.8, 4) is 11.3 Å². The molecule has 4 aromatic rings. The molecule has 1 N–H and O–H groups in total. The monoisotopic (exact) mass is 506 g/mol. The summed E-state index contributed by atoms with van der Waals surface area (Å²) in [6.07, 6.45) is 3.72. The van der Waals surface area contributed by atoms with Crippen LogP contribution >= 0.6 is 0 Å². The fraction of sp³-hybridized carbons (Fsp3) is 0.192. The normalized spacial score (nSPS) is 15.6. The Balaban J connectivity index is 1.39. The molecule has 0 radical (unpaired) electrons. The third-order valence-electron chi connectivity index (χ3n) is 6.26. The summed E-state index contributed by atoms with van der Waals surface area (Å²) in [6.45, 7) is 4.71. The van der Waals surface area contributed by atoms with Crippen molar-refractivity contribution in [2.75, 3.05) is 18.4 Å². The number of likely N-dealkylation sites (tertiary alicyclic amines) is 1. The molecule has 0 bridgehead atoms. The maximum Gasteiger partial charge on any atom is 0.416 e. The van der Waals surface area contributed by atoms with E-state index in [1.54, 1.807) is 41.6 Å². The number of nitrogens with one attached hydrogen (secondary N) is 1. The van der Waals surface area contributed by atoms with Crippen molar-refractivity contribution < 1.29 is 22.8 Å². The van der Waals surface area contributed by atoms with Gasteiger partial charge in [-0.1, -0.05) is 18.7 Å². The Morgan fingerprint density at radius 3 is 2.65 bits per heavy atom. The summed E-state index contributed by atoms with van der Waals surface area (Å²) in [4.78, 5) is 39.3. The highest BCUT2D eigenvalue weighted by Gasteiger charge is 2.31. The third-order valence-corrected chi connectivity index (χ3v) is 6.26. The van der Waals surface area contributed by atoms with Gasteiger partial charge in [0, 0.05) is 48.7 Å². The summed E-state index contributed by atoms with van der Waals surface area (Å²) in [5.41, 5.74) is 1.53. The molecule has 1 atom stereocenters. The molecule has 5 rings (SSSR count). The van der Waals surface area contributed by atoms with Crippen LogP contribution < -0.4 is 5.32 Å². The molecule has 37 heavy (non-hydrogen) atoms. The van der Waals surface area contributed by atoms with Crippen LogP contribution in [0.15, 0.2) is 73.8 Å². The van der Waals surface area contributed by atoms with Gasteiger partial charge in [-0.2, -0.15) is 13.2 Å². The number of benzene rings is 1. The largest absolute Gasteiger partial charge is 0.416 e. The molecular weight excluding hydrogens is 485 g/mol. The highest BCUT2D eigenvalue weighted by molar-refractivity contribution is 6.04. The molecule has 4 heterocycles. The van der Waals surface area contributed by atoms with Crippen LogP contribution in [-0.4, -0.2) is 49.2 Å². The maximum absolute atomic E-state index is 12.9. The van der Waals surface area contributed by atoms with Gasteiger partial charge in [0.25, 0.3) is 5.91 Å². The van der Waals surface area contributed by atoms with E-state index < -0.39 is 17.6 Å². The summed E-state index contributed by atoms with van der Waals surface area (Å²) in [6, 6.07) is 8.19. The Labute approximate surface area is 209 Å². The first-order valence-electron chi connectivity index (χ1n) is 11.4. The molecular formula is C26H21F3N6O2. The summed E-state index contributed by atoms with van der Waals surface area (Å²) in [7, 11) is 0. The van der Waals surface area contributed by atoms with Gasteiger partial charge in [0.05, 0.1) is 23.0 Å². The Bertz CT molecular complexity index is 1500. The van der Waals surface area contributed by atoms with Crippen LogP contribution in [0.4, 0.5) is 19.0 Å². The van der Waals surface area contributed by atoms with Gasteiger partial charge < -0.3 is 10.2 Å². The summed E-state index contributed by atoms with van der Waals surface area (Å²) in [5, 5.41) is 2.40. The smallest absolute Gasteiger partial charge is 0.338 e. The van der Waals surface area contributed by atoms with Crippen molar-refractivity contribution in [1.82, 2.24) is 24.3 Å². The fourth-order valence-corrected chi connectivity index (χ4v) is 4.41. The number of pyridine rings is 1. The molecule has 0 spiro atoms. The summed E-state index contributed by atoms with van der Waals surface area (Å²) in [5.74, 6) is -0.0465. The van der Waals surface area contributed by atoms with Gasteiger partial charge in [0.15, 0.2) is 0 Å². The van der Waals surface area contributed by atoms with Crippen LogP contribution in [0.5, 0.6) is 0 Å². The van der Waals surface area contributed by atoms with E-state index in [0.717, 1.165) is 41.7 Å².